The fourth-order valence-corrected chi connectivity index (χ4v) is 3.48. The van der Waals surface area contributed by atoms with Gasteiger partial charge in [0, 0.05) is 30.2 Å². The van der Waals surface area contributed by atoms with Crippen LogP contribution in [0.15, 0.2) is 45.3 Å². The van der Waals surface area contributed by atoms with Crippen molar-refractivity contribution >= 4 is 44.5 Å². The van der Waals surface area contributed by atoms with Gasteiger partial charge in [0.2, 0.25) is 17.7 Å². The minimum absolute atomic E-state index is 0.0348. The standard InChI is InChI=1S/C19H15BrFN3O3/c1-24-9-10(6-17(24)25)18(26)22-12-3-5-16-15(8-12)23-19(27-16)13-7-11(21)2-4-14(13)20/h2-5,7-8,10H,6,9H2,1H3,(H,22,26). The molecule has 1 atom stereocenters. The Kier molecular flexibility index (Phi) is 4.43. The third kappa shape index (κ3) is 3.44. The van der Waals surface area contributed by atoms with Gasteiger partial charge in [-0.05, 0) is 52.3 Å². The largest absolute Gasteiger partial charge is 0.436 e. The molecule has 1 N–H and O–H groups in total. The smallest absolute Gasteiger partial charge is 0.229 e. The highest BCUT2D eigenvalue weighted by Crippen LogP contribution is 2.32. The summed E-state index contributed by atoms with van der Waals surface area (Å²) in [5.74, 6) is -0.715. The third-order valence-corrected chi connectivity index (χ3v) is 5.22. The summed E-state index contributed by atoms with van der Waals surface area (Å²) < 4.78 is 19.9. The van der Waals surface area contributed by atoms with Crippen molar-refractivity contribution in [2.75, 3.05) is 18.9 Å². The number of aromatic nitrogens is 1. The second kappa shape index (κ2) is 6.77. The molecule has 27 heavy (non-hydrogen) atoms. The van der Waals surface area contributed by atoms with Gasteiger partial charge in [0.15, 0.2) is 5.58 Å². The SMILES string of the molecule is CN1CC(C(=O)Nc2ccc3oc(-c4cc(F)ccc4Br)nc3c2)CC1=O. The van der Waals surface area contributed by atoms with Crippen LogP contribution < -0.4 is 5.32 Å². The number of benzene rings is 2. The lowest BCUT2D eigenvalue weighted by molar-refractivity contribution is -0.127. The van der Waals surface area contributed by atoms with E-state index in [4.69, 9.17) is 4.42 Å². The molecule has 2 aromatic carbocycles. The van der Waals surface area contributed by atoms with Crippen molar-refractivity contribution in [2.24, 2.45) is 5.92 Å². The van der Waals surface area contributed by atoms with Crippen LogP contribution in [-0.4, -0.2) is 35.3 Å². The molecule has 1 saturated heterocycles. The molecule has 138 valence electrons. The zero-order valence-electron chi connectivity index (χ0n) is 14.3. The molecule has 8 heteroatoms. The quantitative estimate of drug-likeness (QED) is 0.683. The molecule has 0 aliphatic carbocycles. The minimum Gasteiger partial charge on any atom is -0.436 e. The molecule has 2 heterocycles. The van der Waals surface area contributed by atoms with E-state index in [2.05, 4.69) is 26.2 Å². The number of carbonyl (C=O) groups excluding carboxylic acids is 2. The first-order chi connectivity index (χ1) is 12.9. The van der Waals surface area contributed by atoms with Crippen molar-refractivity contribution in [3.63, 3.8) is 0 Å². The van der Waals surface area contributed by atoms with Gasteiger partial charge in [0.25, 0.3) is 0 Å². The highest BCUT2D eigenvalue weighted by atomic mass is 79.9. The lowest BCUT2D eigenvalue weighted by atomic mass is 10.1. The summed E-state index contributed by atoms with van der Waals surface area (Å²) in [5, 5.41) is 2.82. The Morgan fingerprint density at radius 2 is 2.15 bits per heavy atom. The van der Waals surface area contributed by atoms with Gasteiger partial charge < -0.3 is 14.6 Å². The number of hydrogen-bond acceptors (Lipinski definition) is 4. The summed E-state index contributed by atoms with van der Waals surface area (Å²) in [6, 6.07) is 9.36. The number of nitrogens with one attached hydrogen (secondary N) is 1. The molecule has 1 fully saturated rings. The Labute approximate surface area is 162 Å². The Balaban J connectivity index is 1.59. The summed E-state index contributed by atoms with van der Waals surface area (Å²) in [7, 11) is 1.68. The first kappa shape index (κ1) is 17.7. The number of nitrogens with zero attached hydrogens (tertiary/aromatic N) is 2. The van der Waals surface area contributed by atoms with E-state index in [0.29, 0.717) is 33.4 Å². The van der Waals surface area contributed by atoms with Gasteiger partial charge in [-0.1, -0.05) is 0 Å². The van der Waals surface area contributed by atoms with E-state index in [0.717, 1.165) is 0 Å². The van der Waals surface area contributed by atoms with Gasteiger partial charge in [-0.2, -0.15) is 0 Å². The highest BCUT2D eigenvalue weighted by Gasteiger charge is 2.32. The van der Waals surface area contributed by atoms with Gasteiger partial charge >= 0.3 is 0 Å². The summed E-state index contributed by atoms with van der Waals surface area (Å²) >= 11 is 3.36. The van der Waals surface area contributed by atoms with Crippen molar-refractivity contribution in [1.29, 1.82) is 0 Å². The van der Waals surface area contributed by atoms with Crippen LogP contribution in [0.4, 0.5) is 10.1 Å². The lowest BCUT2D eigenvalue weighted by Crippen LogP contribution is -2.25. The van der Waals surface area contributed by atoms with Crippen molar-refractivity contribution in [3.05, 3.63) is 46.7 Å². The van der Waals surface area contributed by atoms with E-state index in [1.807, 2.05) is 0 Å². The molecule has 1 aliphatic rings. The van der Waals surface area contributed by atoms with Crippen molar-refractivity contribution in [3.8, 4) is 11.5 Å². The van der Waals surface area contributed by atoms with Gasteiger partial charge in [-0.25, -0.2) is 9.37 Å². The molecule has 3 aromatic rings. The van der Waals surface area contributed by atoms with Crippen molar-refractivity contribution in [1.82, 2.24) is 9.88 Å². The molecule has 1 aromatic heterocycles. The molecule has 0 radical (unpaired) electrons. The van der Waals surface area contributed by atoms with Crippen molar-refractivity contribution in [2.45, 2.75) is 6.42 Å². The zero-order chi connectivity index (χ0) is 19.1. The Hall–Kier alpha value is -2.74. The molecule has 1 aliphatic heterocycles. The van der Waals surface area contributed by atoms with Crippen LogP contribution in [0.1, 0.15) is 6.42 Å². The van der Waals surface area contributed by atoms with Crippen LogP contribution >= 0.6 is 15.9 Å². The number of carbonyl (C=O) groups is 2. The molecular weight excluding hydrogens is 417 g/mol. The van der Waals surface area contributed by atoms with Gasteiger partial charge in [-0.3, -0.25) is 9.59 Å². The molecular formula is C19H15BrFN3O3. The molecule has 6 nitrogen and oxygen atoms in total. The van der Waals surface area contributed by atoms with Crippen LogP contribution in [0.3, 0.4) is 0 Å². The minimum atomic E-state index is -0.389. The topological polar surface area (TPSA) is 75.4 Å². The van der Waals surface area contributed by atoms with E-state index in [1.165, 1.54) is 12.1 Å². The van der Waals surface area contributed by atoms with E-state index in [9.17, 15) is 14.0 Å². The van der Waals surface area contributed by atoms with Crippen LogP contribution in [-0.2, 0) is 9.59 Å². The zero-order valence-corrected chi connectivity index (χ0v) is 15.9. The molecule has 4 rings (SSSR count). The van der Waals surface area contributed by atoms with Gasteiger partial charge in [0.05, 0.1) is 11.5 Å². The predicted octanol–water partition coefficient (Wildman–Crippen LogP) is 3.81. The number of fused-ring (bicyclic) bond motifs is 1. The Morgan fingerprint density at radius 1 is 1.33 bits per heavy atom. The second-order valence-corrected chi connectivity index (χ2v) is 7.34. The summed E-state index contributed by atoms with van der Waals surface area (Å²) in [4.78, 5) is 29.9. The summed E-state index contributed by atoms with van der Waals surface area (Å²) in [6.07, 6.45) is 0.215. The number of oxazole rings is 1. The van der Waals surface area contributed by atoms with Crippen molar-refractivity contribution < 1.29 is 18.4 Å². The maximum Gasteiger partial charge on any atom is 0.229 e. The summed E-state index contributed by atoms with van der Waals surface area (Å²) in [6.45, 7) is 0.411. The number of halogens is 2. The Morgan fingerprint density at radius 3 is 2.89 bits per heavy atom. The number of amides is 2. The van der Waals surface area contributed by atoms with Crippen LogP contribution in [0.5, 0.6) is 0 Å². The monoisotopic (exact) mass is 431 g/mol. The first-order valence-electron chi connectivity index (χ1n) is 8.31. The highest BCUT2D eigenvalue weighted by molar-refractivity contribution is 9.10. The average Bonchev–Trinajstić information content (AvgIpc) is 3.20. The van der Waals surface area contributed by atoms with Crippen LogP contribution in [0.2, 0.25) is 0 Å². The number of hydrogen-bond donors (Lipinski definition) is 1. The molecule has 0 saturated carbocycles. The second-order valence-electron chi connectivity index (χ2n) is 6.49. The third-order valence-electron chi connectivity index (χ3n) is 4.53. The predicted molar refractivity (Wildman–Crippen MR) is 101 cm³/mol. The fraction of sp³-hybridized carbons (Fsp3) is 0.211. The van der Waals surface area contributed by atoms with Gasteiger partial charge in [-0.15, -0.1) is 0 Å². The molecule has 1 unspecified atom stereocenters. The van der Waals surface area contributed by atoms with E-state index >= 15 is 0 Å². The maximum atomic E-state index is 13.5. The molecule has 0 spiro atoms. The van der Waals surface area contributed by atoms with E-state index in [-0.39, 0.29) is 35.9 Å². The number of rotatable bonds is 3. The lowest BCUT2D eigenvalue weighted by Gasteiger charge is -2.10. The number of likely N-dealkylation sites (tertiary alicyclic amines) is 1. The average molecular weight is 432 g/mol. The van der Waals surface area contributed by atoms with E-state index in [1.54, 1.807) is 36.2 Å². The maximum absolute atomic E-state index is 13.5. The normalized spacial score (nSPS) is 16.9. The van der Waals surface area contributed by atoms with Crippen LogP contribution in [0.25, 0.3) is 22.6 Å². The first-order valence-corrected chi connectivity index (χ1v) is 9.11. The van der Waals surface area contributed by atoms with E-state index < -0.39 is 0 Å². The molecule has 0 bridgehead atoms. The fourth-order valence-electron chi connectivity index (χ4n) is 3.07. The number of anilines is 1. The summed E-state index contributed by atoms with van der Waals surface area (Å²) in [5.41, 5.74) is 2.13. The Bertz CT molecular complexity index is 1070. The molecule has 2 amide bonds. The van der Waals surface area contributed by atoms with Gasteiger partial charge in [0.1, 0.15) is 11.3 Å². The van der Waals surface area contributed by atoms with Crippen LogP contribution in [0, 0.1) is 11.7 Å².